The van der Waals surface area contributed by atoms with Crippen molar-refractivity contribution in [3.05, 3.63) is 5.69 Å². The molecule has 1 rings (SSSR count). The minimum absolute atomic E-state index is 0.125. The normalized spacial score (nSPS) is 9.67. The van der Waals surface area contributed by atoms with Crippen LogP contribution in [0.25, 0.3) is 0 Å². The van der Waals surface area contributed by atoms with Gasteiger partial charge in [-0.05, 0) is 0 Å². The molecule has 0 atom stereocenters. The van der Waals surface area contributed by atoms with E-state index in [4.69, 9.17) is 22.3 Å². The molecular weight excluding hydrogens is 162 g/mol. The maximum atomic E-state index is 10.4. The number of rotatable bonds is 1. The first-order valence-corrected chi connectivity index (χ1v) is 2.94. The molecule has 0 bridgehead atoms. The Morgan fingerprint density at radius 3 is 2.33 bits per heavy atom. The second kappa shape index (κ2) is 2.53. The summed E-state index contributed by atoms with van der Waals surface area (Å²) in [6, 6.07) is 0. The van der Waals surface area contributed by atoms with Crippen LogP contribution < -0.4 is 17.2 Å². The van der Waals surface area contributed by atoms with Crippen LogP contribution >= 0.6 is 0 Å². The summed E-state index contributed by atoms with van der Waals surface area (Å²) < 4.78 is 0. The first-order valence-electron chi connectivity index (χ1n) is 2.94. The molecule has 1 aromatic rings. The largest absolute Gasteiger partial charge is 0.476 e. The zero-order valence-electron chi connectivity index (χ0n) is 5.98. The topological polar surface area (TPSA) is 141 Å². The highest BCUT2D eigenvalue weighted by Gasteiger charge is 2.13. The zero-order chi connectivity index (χ0) is 9.30. The van der Waals surface area contributed by atoms with Crippen molar-refractivity contribution in [2.24, 2.45) is 0 Å². The van der Waals surface area contributed by atoms with Crippen LogP contribution in [-0.2, 0) is 0 Å². The Morgan fingerprint density at radius 2 is 1.83 bits per heavy atom. The number of nitrogen functional groups attached to an aromatic ring is 3. The highest BCUT2D eigenvalue weighted by Crippen LogP contribution is 2.16. The van der Waals surface area contributed by atoms with E-state index in [9.17, 15) is 4.79 Å². The standard InChI is InChI=1S/C5H7N5O2/c6-1-2(4(11)12)9-5(8)10-3(1)7/h6H2,(H,11,12)(H4,7,8,9,10). The summed E-state index contributed by atoms with van der Waals surface area (Å²) in [6.45, 7) is 0. The molecule has 0 radical (unpaired) electrons. The van der Waals surface area contributed by atoms with Crippen molar-refractivity contribution in [1.29, 1.82) is 0 Å². The van der Waals surface area contributed by atoms with Crippen LogP contribution in [0, 0.1) is 0 Å². The highest BCUT2D eigenvalue weighted by atomic mass is 16.4. The van der Waals surface area contributed by atoms with Crippen LogP contribution in [0.3, 0.4) is 0 Å². The number of nitrogens with two attached hydrogens (primary N) is 3. The SMILES string of the molecule is Nc1nc(N)c(N)c(C(=O)O)n1. The van der Waals surface area contributed by atoms with Crippen molar-refractivity contribution in [3.63, 3.8) is 0 Å². The fraction of sp³-hybridized carbons (Fsp3) is 0. The molecule has 1 aromatic heterocycles. The van der Waals surface area contributed by atoms with Gasteiger partial charge in [0, 0.05) is 0 Å². The quantitative estimate of drug-likeness (QED) is 0.419. The van der Waals surface area contributed by atoms with Crippen LogP contribution in [0.5, 0.6) is 0 Å². The highest BCUT2D eigenvalue weighted by molar-refractivity contribution is 5.94. The van der Waals surface area contributed by atoms with E-state index in [-0.39, 0.29) is 23.1 Å². The number of aromatic carboxylic acids is 1. The lowest BCUT2D eigenvalue weighted by Crippen LogP contribution is -2.12. The van der Waals surface area contributed by atoms with Crippen LogP contribution in [0.2, 0.25) is 0 Å². The third-order valence-corrected chi connectivity index (χ3v) is 1.20. The van der Waals surface area contributed by atoms with E-state index < -0.39 is 5.97 Å². The minimum atomic E-state index is -1.28. The number of carbonyl (C=O) groups is 1. The Labute approximate surface area is 67.2 Å². The van der Waals surface area contributed by atoms with Crippen molar-refractivity contribution >= 4 is 23.4 Å². The lowest BCUT2D eigenvalue weighted by atomic mass is 10.3. The van der Waals surface area contributed by atoms with Gasteiger partial charge in [-0.1, -0.05) is 0 Å². The summed E-state index contributed by atoms with van der Waals surface area (Å²) in [5.74, 6) is -1.62. The van der Waals surface area contributed by atoms with Gasteiger partial charge in [0.2, 0.25) is 5.95 Å². The van der Waals surface area contributed by atoms with Gasteiger partial charge in [-0.2, -0.15) is 4.98 Å². The molecule has 0 unspecified atom stereocenters. The second-order valence-corrected chi connectivity index (χ2v) is 2.03. The summed E-state index contributed by atoms with van der Waals surface area (Å²) in [6.07, 6.45) is 0. The number of aromatic nitrogens is 2. The third kappa shape index (κ3) is 1.19. The number of carboxylic acid groups (broad SMARTS) is 1. The summed E-state index contributed by atoms with van der Waals surface area (Å²) in [5.41, 5.74) is 15.1. The maximum absolute atomic E-state index is 10.4. The van der Waals surface area contributed by atoms with E-state index >= 15 is 0 Å². The summed E-state index contributed by atoms with van der Waals surface area (Å²) >= 11 is 0. The van der Waals surface area contributed by atoms with Crippen molar-refractivity contribution in [3.8, 4) is 0 Å². The zero-order valence-corrected chi connectivity index (χ0v) is 5.98. The molecule has 0 fully saturated rings. The van der Waals surface area contributed by atoms with Crippen LogP contribution in [0.15, 0.2) is 0 Å². The average Bonchev–Trinajstić information content (AvgIpc) is 1.96. The fourth-order valence-corrected chi connectivity index (χ4v) is 0.668. The van der Waals surface area contributed by atoms with E-state index in [1.165, 1.54) is 0 Å². The van der Waals surface area contributed by atoms with Crippen LogP contribution in [0.1, 0.15) is 10.5 Å². The number of carboxylic acids is 1. The first kappa shape index (κ1) is 8.05. The minimum Gasteiger partial charge on any atom is -0.476 e. The molecule has 7 nitrogen and oxygen atoms in total. The number of hydrogen-bond donors (Lipinski definition) is 4. The Hall–Kier alpha value is -2.05. The van der Waals surface area contributed by atoms with Gasteiger partial charge in [-0.3, -0.25) is 0 Å². The van der Waals surface area contributed by atoms with Gasteiger partial charge in [0.15, 0.2) is 11.5 Å². The maximum Gasteiger partial charge on any atom is 0.356 e. The van der Waals surface area contributed by atoms with Gasteiger partial charge in [0.1, 0.15) is 5.69 Å². The Kier molecular flexibility index (Phi) is 1.70. The molecule has 7 heteroatoms. The molecule has 0 aromatic carbocycles. The molecule has 0 aliphatic rings. The van der Waals surface area contributed by atoms with Crippen LogP contribution in [0.4, 0.5) is 17.5 Å². The van der Waals surface area contributed by atoms with Gasteiger partial charge in [0.25, 0.3) is 0 Å². The summed E-state index contributed by atoms with van der Waals surface area (Å²) in [7, 11) is 0. The van der Waals surface area contributed by atoms with E-state index in [2.05, 4.69) is 9.97 Å². The third-order valence-electron chi connectivity index (χ3n) is 1.20. The lowest BCUT2D eigenvalue weighted by molar-refractivity contribution is 0.0692. The second-order valence-electron chi connectivity index (χ2n) is 2.03. The Morgan fingerprint density at radius 1 is 1.25 bits per heavy atom. The van der Waals surface area contributed by atoms with Gasteiger partial charge in [-0.15, -0.1) is 0 Å². The smallest absolute Gasteiger partial charge is 0.356 e. The summed E-state index contributed by atoms with van der Waals surface area (Å²) in [4.78, 5) is 17.3. The first-order chi connectivity index (χ1) is 5.52. The Bertz CT molecular complexity index is 337. The number of nitrogens with zero attached hydrogens (tertiary/aromatic N) is 2. The van der Waals surface area contributed by atoms with Gasteiger partial charge in [-0.25, -0.2) is 9.78 Å². The van der Waals surface area contributed by atoms with Gasteiger partial charge in [0.05, 0.1) is 0 Å². The molecule has 64 valence electrons. The molecule has 0 aliphatic heterocycles. The molecule has 0 aliphatic carbocycles. The predicted molar refractivity (Wildman–Crippen MR) is 42.2 cm³/mol. The predicted octanol–water partition coefficient (Wildman–Crippen LogP) is -1.08. The number of anilines is 3. The van der Waals surface area contributed by atoms with Crippen molar-refractivity contribution in [2.45, 2.75) is 0 Å². The molecule has 0 amide bonds. The molecule has 0 spiro atoms. The average molecular weight is 169 g/mol. The fourth-order valence-electron chi connectivity index (χ4n) is 0.668. The Balaban J connectivity index is 3.37. The molecule has 7 N–H and O–H groups in total. The molecule has 0 saturated heterocycles. The molecule has 0 saturated carbocycles. The van der Waals surface area contributed by atoms with Crippen molar-refractivity contribution in [2.75, 3.05) is 17.2 Å². The number of hydrogen-bond acceptors (Lipinski definition) is 6. The van der Waals surface area contributed by atoms with Gasteiger partial charge < -0.3 is 22.3 Å². The summed E-state index contributed by atoms with van der Waals surface area (Å²) in [5, 5.41) is 8.53. The molecule has 12 heavy (non-hydrogen) atoms. The van der Waals surface area contributed by atoms with E-state index in [0.29, 0.717) is 0 Å². The monoisotopic (exact) mass is 169 g/mol. The van der Waals surface area contributed by atoms with Crippen LogP contribution in [-0.4, -0.2) is 21.0 Å². The van der Waals surface area contributed by atoms with E-state index in [1.54, 1.807) is 0 Å². The van der Waals surface area contributed by atoms with Crippen molar-refractivity contribution in [1.82, 2.24) is 9.97 Å². The van der Waals surface area contributed by atoms with Crippen molar-refractivity contribution < 1.29 is 9.90 Å². The lowest BCUT2D eigenvalue weighted by Gasteiger charge is -2.02. The molecule has 1 heterocycles. The van der Waals surface area contributed by atoms with E-state index in [0.717, 1.165) is 0 Å². The van der Waals surface area contributed by atoms with E-state index in [1.807, 2.05) is 0 Å². The molecular formula is C5H7N5O2. The van der Waals surface area contributed by atoms with Gasteiger partial charge >= 0.3 is 5.97 Å².